The van der Waals surface area contributed by atoms with Crippen LogP contribution in [0.4, 0.5) is 0 Å². The molecule has 0 unspecified atom stereocenters. The summed E-state index contributed by atoms with van der Waals surface area (Å²) in [5.41, 5.74) is 1.73. The predicted octanol–water partition coefficient (Wildman–Crippen LogP) is 4.13. The van der Waals surface area contributed by atoms with Gasteiger partial charge in [-0.05, 0) is 50.0 Å². The molecule has 0 heterocycles. The van der Waals surface area contributed by atoms with Crippen LogP contribution in [0, 0.1) is 22.2 Å². The fourth-order valence-electron chi connectivity index (χ4n) is 5.80. The van der Waals surface area contributed by atoms with E-state index in [-0.39, 0.29) is 16.2 Å². The highest BCUT2D eigenvalue weighted by atomic mass is 16.1. The van der Waals surface area contributed by atoms with Crippen LogP contribution in [0.3, 0.4) is 0 Å². The van der Waals surface area contributed by atoms with Gasteiger partial charge in [0.25, 0.3) is 0 Å². The van der Waals surface area contributed by atoms with Crippen molar-refractivity contribution in [2.75, 3.05) is 0 Å². The molecule has 1 heteroatoms. The molecule has 3 atom stereocenters. The van der Waals surface area contributed by atoms with E-state index < -0.39 is 0 Å². The van der Waals surface area contributed by atoms with E-state index in [0.29, 0.717) is 11.7 Å². The molecule has 94 valence electrons. The first kappa shape index (κ1) is 11.5. The summed E-state index contributed by atoms with van der Waals surface area (Å²) in [6, 6.07) is 0. The average Bonchev–Trinajstić information content (AvgIpc) is 2.66. The number of rotatable bonds is 0. The lowest BCUT2D eigenvalue weighted by Gasteiger charge is -2.56. The van der Waals surface area contributed by atoms with Crippen molar-refractivity contribution in [2.24, 2.45) is 22.2 Å². The van der Waals surface area contributed by atoms with Gasteiger partial charge in [-0.15, -0.1) is 0 Å². The van der Waals surface area contributed by atoms with Gasteiger partial charge in [0.15, 0.2) is 5.78 Å². The van der Waals surface area contributed by atoms with Crippen LogP contribution in [0.15, 0.2) is 11.6 Å². The van der Waals surface area contributed by atoms with Crippen molar-refractivity contribution >= 4 is 5.78 Å². The van der Waals surface area contributed by atoms with Crippen LogP contribution in [-0.4, -0.2) is 5.78 Å². The van der Waals surface area contributed by atoms with Gasteiger partial charge in [-0.3, -0.25) is 4.79 Å². The van der Waals surface area contributed by atoms with Crippen LogP contribution in [0.25, 0.3) is 0 Å². The minimum absolute atomic E-state index is 0.0538. The van der Waals surface area contributed by atoms with Gasteiger partial charge >= 0.3 is 0 Å². The van der Waals surface area contributed by atoms with Gasteiger partial charge in [0.2, 0.25) is 0 Å². The molecule has 0 aromatic heterocycles. The molecule has 2 fully saturated rings. The van der Waals surface area contributed by atoms with Gasteiger partial charge in [0, 0.05) is 10.8 Å². The van der Waals surface area contributed by atoms with Crippen molar-refractivity contribution in [3.63, 3.8) is 0 Å². The molecule has 0 N–H and O–H groups in total. The van der Waals surface area contributed by atoms with E-state index in [1.165, 1.54) is 31.3 Å². The second-order valence-electron chi connectivity index (χ2n) is 7.25. The minimum Gasteiger partial charge on any atom is -0.294 e. The van der Waals surface area contributed by atoms with Gasteiger partial charge < -0.3 is 0 Å². The maximum atomic E-state index is 12.7. The number of allylic oxidation sites excluding steroid dienone is 2. The summed E-state index contributed by atoms with van der Waals surface area (Å²) in [5, 5.41) is 0. The first-order valence-electron chi connectivity index (χ1n) is 7.12. The Morgan fingerprint density at radius 1 is 1.24 bits per heavy atom. The quantitative estimate of drug-likeness (QED) is 0.614. The largest absolute Gasteiger partial charge is 0.294 e. The summed E-state index contributed by atoms with van der Waals surface area (Å²) >= 11 is 0. The lowest BCUT2D eigenvalue weighted by atomic mass is 9.46. The highest BCUT2D eigenvalue weighted by molar-refractivity contribution is 6.01. The third-order valence-electron chi connectivity index (χ3n) is 6.56. The molecular formula is C16H24O. The molecule has 0 spiro atoms. The summed E-state index contributed by atoms with van der Waals surface area (Å²) < 4.78 is 0. The van der Waals surface area contributed by atoms with E-state index in [2.05, 4.69) is 27.7 Å². The van der Waals surface area contributed by atoms with Crippen LogP contribution < -0.4 is 0 Å². The van der Waals surface area contributed by atoms with Crippen molar-refractivity contribution < 1.29 is 4.79 Å². The predicted molar refractivity (Wildman–Crippen MR) is 69.7 cm³/mol. The number of carbonyl (C=O) groups is 1. The Bertz CT molecular complexity index is 417. The van der Waals surface area contributed by atoms with E-state index in [1.807, 2.05) is 6.08 Å². The van der Waals surface area contributed by atoms with E-state index in [4.69, 9.17) is 0 Å². The molecule has 3 aliphatic rings. The van der Waals surface area contributed by atoms with E-state index in [0.717, 1.165) is 6.42 Å². The Labute approximate surface area is 105 Å². The molecule has 2 saturated carbocycles. The number of hydrogen-bond acceptors (Lipinski definition) is 1. The minimum atomic E-state index is -0.0538. The smallest absolute Gasteiger partial charge is 0.163 e. The number of hydrogen-bond donors (Lipinski definition) is 0. The standard InChI is InChI=1S/C16H24O/c1-11-6-9-16-13(17)10-12(2)15(11,16)8-5-7-14(16,3)4/h10-11H,5-9H2,1-4H3/t11-,15-,16-/m0/s1. The lowest BCUT2D eigenvalue weighted by Crippen LogP contribution is -2.54. The number of ketones is 1. The molecule has 0 bridgehead atoms. The monoisotopic (exact) mass is 232 g/mol. The molecule has 17 heavy (non-hydrogen) atoms. The van der Waals surface area contributed by atoms with E-state index in [9.17, 15) is 4.79 Å². The molecule has 1 nitrogen and oxygen atoms in total. The molecule has 0 radical (unpaired) electrons. The first-order chi connectivity index (χ1) is 7.88. The van der Waals surface area contributed by atoms with Crippen LogP contribution in [0.5, 0.6) is 0 Å². The molecule has 0 aliphatic heterocycles. The van der Waals surface area contributed by atoms with Crippen LogP contribution in [-0.2, 0) is 4.79 Å². The van der Waals surface area contributed by atoms with E-state index >= 15 is 0 Å². The highest BCUT2D eigenvalue weighted by Gasteiger charge is 2.71. The van der Waals surface area contributed by atoms with Crippen molar-refractivity contribution in [3.8, 4) is 0 Å². The second kappa shape index (κ2) is 3.05. The Kier molecular flexibility index (Phi) is 2.06. The maximum absolute atomic E-state index is 12.7. The van der Waals surface area contributed by atoms with Crippen molar-refractivity contribution in [1.29, 1.82) is 0 Å². The fourth-order valence-corrected chi connectivity index (χ4v) is 5.80. The molecule has 0 saturated heterocycles. The van der Waals surface area contributed by atoms with Gasteiger partial charge in [-0.25, -0.2) is 0 Å². The van der Waals surface area contributed by atoms with E-state index in [1.54, 1.807) is 0 Å². The Morgan fingerprint density at radius 2 is 1.94 bits per heavy atom. The second-order valence-corrected chi connectivity index (χ2v) is 7.25. The first-order valence-corrected chi connectivity index (χ1v) is 7.12. The maximum Gasteiger partial charge on any atom is 0.163 e. The van der Waals surface area contributed by atoms with Crippen molar-refractivity contribution in [2.45, 2.75) is 59.8 Å². The fraction of sp³-hybridized carbons (Fsp3) is 0.812. The highest BCUT2D eigenvalue weighted by Crippen LogP contribution is 2.74. The summed E-state index contributed by atoms with van der Waals surface area (Å²) in [5.74, 6) is 1.13. The van der Waals surface area contributed by atoms with Gasteiger partial charge in [-0.2, -0.15) is 0 Å². The molecular weight excluding hydrogens is 208 g/mol. The Morgan fingerprint density at radius 3 is 2.59 bits per heavy atom. The normalized spacial score (nSPS) is 47.6. The Balaban J connectivity index is 2.26. The van der Waals surface area contributed by atoms with Crippen LogP contribution >= 0.6 is 0 Å². The molecule has 3 rings (SSSR count). The van der Waals surface area contributed by atoms with Gasteiger partial charge in [-0.1, -0.05) is 32.8 Å². The molecule has 0 amide bonds. The zero-order chi connectivity index (χ0) is 12.5. The zero-order valence-corrected chi connectivity index (χ0v) is 11.6. The third kappa shape index (κ3) is 0.971. The summed E-state index contributed by atoms with van der Waals surface area (Å²) in [6.45, 7) is 9.26. The zero-order valence-electron chi connectivity index (χ0n) is 11.6. The summed E-state index contributed by atoms with van der Waals surface area (Å²) in [4.78, 5) is 12.7. The summed E-state index contributed by atoms with van der Waals surface area (Å²) in [6.07, 6.45) is 8.09. The SMILES string of the molecule is CC1=CC(=O)[C@]23CC[C@H](C)[C@@]12CCCC3(C)C. The topological polar surface area (TPSA) is 17.1 Å². The molecule has 0 aromatic rings. The van der Waals surface area contributed by atoms with Crippen LogP contribution in [0.2, 0.25) is 0 Å². The van der Waals surface area contributed by atoms with Gasteiger partial charge in [0.05, 0.1) is 0 Å². The van der Waals surface area contributed by atoms with Crippen molar-refractivity contribution in [1.82, 2.24) is 0 Å². The van der Waals surface area contributed by atoms with Crippen LogP contribution in [0.1, 0.15) is 59.8 Å². The Hall–Kier alpha value is -0.590. The van der Waals surface area contributed by atoms with Gasteiger partial charge in [0.1, 0.15) is 0 Å². The van der Waals surface area contributed by atoms with Crippen molar-refractivity contribution in [3.05, 3.63) is 11.6 Å². The third-order valence-corrected chi connectivity index (χ3v) is 6.56. The number of carbonyl (C=O) groups excluding carboxylic acids is 1. The average molecular weight is 232 g/mol. The summed E-state index contributed by atoms with van der Waals surface area (Å²) in [7, 11) is 0. The molecule has 0 aromatic carbocycles. The lowest BCUT2D eigenvalue weighted by molar-refractivity contribution is -0.144. The molecule has 3 aliphatic carbocycles.